The highest BCUT2D eigenvalue weighted by Gasteiger charge is 2.41. The summed E-state index contributed by atoms with van der Waals surface area (Å²) in [4.78, 5) is 12.9. The normalized spacial score (nSPS) is 17.3. The third kappa shape index (κ3) is 7.15. The number of allylic oxidation sites excluding steroid dienone is 1. The van der Waals surface area contributed by atoms with Gasteiger partial charge in [0.1, 0.15) is 5.60 Å². The van der Waals surface area contributed by atoms with Gasteiger partial charge in [-0.1, -0.05) is 61.9 Å². The average Bonchev–Trinajstić information content (AvgIpc) is 2.36. The van der Waals surface area contributed by atoms with Gasteiger partial charge in [0.15, 0.2) is 0 Å². The molecule has 0 aromatic heterocycles. The molecule has 23 heavy (non-hydrogen) atoms. The highest BCUT2D eigenvalue weighted by molar-refractivity contribution is 14.1. The Hall–Kier alpha value is -0.0600. The second-order valence-electron chi connectivity index (χ2n) is 8.12. The van der Waals surface area contributed by atoms with Crippen LogP contribution in [0.3, 0.4) is 0 Å². The van der Waals surface area contributed by atoms with E-state index in [9.17, 15) is 4.79 Å². The predicted molar refractivity (Wildman–Crippen MR) is 109 cm³/mol. The van der Waals surface area contributed by atoms with Crippen LogP contribution in [0.5, 0.6) is 0 Å². The Labute approximate surface area is 158 Å². The lowest BCUT2D eigenvalue weighted by Gasteiger charge is -2.38. The molecule has 0 aliphatic carbocycles. The Morgan fingerprint density at radius 1 is 1.13 bits per heavy atom. The Bertz CT molecular complexity index is 406. The molecule has 0 saturated carbocycles. The Morgan fingerprint density at radius 3 is 2.00 bits per heavy atom. The number of carbonyl (C=O) groups is 1. The lowest BCUT2D eigenvalue weighted by molar-refractivity contribution is -0.173. The van der Waals surface area contributed by atoms with Crippen molar-refractivity contribution in [3.63, 3.8) is 0 Å². The molecule has 0 amide bonds. The van der Waals surface area contributed by atoms with Crippen molar-refractivity contribution in [3.05, 3.63) is 11.6 Å². The van der Waals surface area contributed by atoms with Gasteiger partial charge in [-0.05, 0) is 65.7 Å². The molecule has 0 rings (SSSR count). The minimum absolute atomic E-state index is 0.0975. The SMILES string of the molecule is CCC(CCC(C)I)C(C)(C)OC(=O)C(C)(C=C(C)C)C(C)C. The van der Waals surface area contributed by atoms with E-state index in [2.05, 4.69) is 70.2 Å². The quantitative estimate of drug-likeness (QED) is 0.177. The number of hydrogen-bond donors (Lipinski definition) is 0. The molecule has 0 bridgehead atoms. The number of carbonyl (C=O) groups excluding carboxylic acids is 1. The second kappa shape index (κ2) is 9.43. The first-order valence-corrected chi connectivity index (χ1v) is 10.1. The summed E-state index contributed by atoms with van der Waals surface area (Å²) >= 11 is 2.46. The van der Waals surface area contributed by atoms with Crippen LogP contribution in [0.1, 0.15) is 81.6 Å². The van der Waals surface area contributed by atoms with Gasteiger partial charge in [0.05, 0.1) is 5.41 Å². The van der Waals surface area contributed by atoms with Crippen molar-refractivity contribution in [1.29, 1.82) is 0 Å². The molecule has 0 fully saturated rings. The van der Waals surface area contributed by atoms with Gasteiger partial charge in [-0.25, -0.2) is 0 Å². The standard InChI is InChI=1S/C20H37IO2/c1-10-17(12-11-16(6)21)19(7,8)23-18(22)20(9,15(4)5)13-14(2)3/h13,15-17H,10-12H2,1-9H3. The highest BCUT2D eigenvalue weighted by Crippen LogP contribution is 2.36. The zero-order chi connectivity index (χ0) is 18.4. The molecule has 0 spiro atoms. The molecule has 0 aliphatic rings. The molecule has 3 unspecified atom stereocenters. The lowest BCUT2D eigenvalue weighted by atomic mass is 9.77. The Balaban J connectivity index is 5.24. The zero-order valence-electron chi connectivity index (χ0n) is 16.6. The molecule has 2 nitrogen and oxygen atoms in total. The van der Waals surface area contributed by atoms with E-state index in [1.54, 1.807) is 0 Å². The smallest absolute Gasteiger partial charge is 0.316 e. The number of alkyl halides is 1. The Kier molecular flexibility index (Phi) is 9.41. The van der Waals surface area contributed by atoms with Crippen LogP contribution < -0.4 is 0 Å². The monoisotopic (exact) mass is 436 g/mol. The third-order valence-electron chi connectivity index (χ3n) is 4.97. The summed E-state index contributed by atoms with van der Waals surface area (Å²) in [7, 11) is 0. The summed E-state index contributed by atoms with van der Waals surface area (Å²) in [6.45, 7) is 18.8. The summed E-state index contributed by atoms with van der Waals surface area (Å²) in [5, 5.41) is 0. The molecule has 0 aromatic rings. The summed E-state index contributed by atoms with van der Waals surface area (Å²) in [6, 6.07) is 0. The van der Waals surface area contributed by atoms with Crippen molar-refractivity contribution in [2.45, 2.75) is 91.1 Å². The lowest BCUT2D eigenvalue weighted by Crippen LogP contribution is -2.43. The molecule has 0 aromatic carbocycles. The van der Waals surface area contributed by atoms with Crippen LogP contribution in [0.4, 0.5) is 0 Å². The molecule has 0 saturated heterocycles. The van der Waals surface area contributed by atoms with Gasteiger partial charge in [0, 0.05) is 3.92 Å². The fourth-order valence-corrected chi connectivity index (χ4v) is 3.33. The largest absolute Gasteiger partial charge is 0.459 e. The molecule has 3 atom stereocenters. The second-order valence-corrected chi connectivity index (χ2v) is 10.2. The number of esters is 1. The summed E-state index contributed by atoms with van der Waals surface area (Å²) in [6.07, 6.45) is 5.35. The van der Waals surface area contributed by atoms with Gasteiger partial charge in [-0.2, -0.15) is 0 Å². The molecular weight excluding hydrogens is 399 g/mol. The molecule has 0 radical (unpaired) electrons. The van der Waals surface area contributed by atoms with E-state index >= 15 is 0 Å². The van der Waals surface area contributed by atoms with E-state index in [1.165, 1.54) is 0 Å². The van der Waals surface area contributed by atoms with Gasteiger partial charge in [0.2, 0.25) is 0 Å². The van der Waals surface area contributed by atoms with E-state index in [0.29, 0.717) is 9.84 Å². The van der Waals surface area contributed by atoms with Crippen molar-refractivity contribution >= 4 is 28.6 Å². The molecule has 0 heterocycles. The first-order chi connectivity index (χ1) is 10.4. The maximum absolute atomic E-state index is 12.9. The van der Waals surface area contributed by atoms with Gasteiger partial charge < -0.3 is 4.74 Å². The molecule has 0 aliphatic heterocycles. The number of halogens is 1. The van der Waals surface area contributed by atoms with E-state index in [1.807, 2.05) is 20.8 Å². The van der Waals surface area contributed by atoms with E-state index in [4.69, 9.17) is 4.74 Å². The van der Waals surface area contributed by atoms with Crippen LogP contribution in [0.2, 0.25) is 0 Å². The highest BCUT2D eigenvalue weighted by atomic mass is 127. The van der Waals surface area contributed by atoms with Crippen LogP contribution in [0, 0.1) is 17.3 Å². The van der Waals surface area contributed by atoms with Crippen molar-refractivity contribution in [3.8, 4) is 0 Å². The number of hydrogen-bond acceptors (Lipinski definition) is 2. The molecular formula is C20H37IO2. The maximum Gasteiger partial charge on any atom is 0.316 e. The van der Waals surface area contributed by atoms with Gasteiger partial charge >= 0.3 is 5.97 Å². The molecule has 3 heteroatoms. The van der Waals surface area contributed by atoms with E-state index in [-0.39, 0.29) is 11.9 Å². The van der Waals surface area contributed by atoms with Crippen LogP contribution in [-0.4, -0.2) is 15.5 Å². The van der Waals surface area contributed by atoms with Crippen molar-refractivity contribution < 1.29 is 9.53 Å². The zero-order valence-corrected chi connectivity index (χ0v) is 18.8. The molecule has 0 N–H and O–H groups in total. The van der Waals surface area contributed by atoms with E-state index < -0.39 is 11.0 Å². The van der Waals surface area contributed by atoms with Crippen molar-refractivity contribution in [1.82, 2.24) is 0 Å². The van der Waals surface area contributed by atoms with Crippen LogP contribution in [0.25, 0.3) is 0 Å². The molecule has 136 valence electrons. The summed E-state index contributed by atoms with van der Waals surface area (Å²) < 4.78 is 6.72. The van der Waals surface area contributed by atoms with Crippen LogP contribution in [0.15, 0.2) is 11.6 Å². The summed E-state index contributed by atoms with van der Waals surface area (Å²) in [5.41, 5.74) is 0.162. The third-order valence-corrected chi connectivity index (χ3v) is 5.60. The van der Waals surface area contributed by atoms with Crippen LogP contribution >= 0.6 is 22.6 Å². The number of rotatable bonds is 9. The van der Waals surface area contributed by atoms with Gasteiger partial charge in [-0.3, -0.25) is 4.79 Å². The van der Waals surface area contributed by atoms with Crippen molar-refractivity contribution in [2.75, 3.05) is 0 Å². The minimum Gasteiger partial charge on any atom is -0.459 e. The minimum atomic E-state index is -0.565. The average molecular weight is 436 g/mol. The van der Waals surface area contributed by atoms with Gasteiger partial charge in [-0.15, -0.1) is 0 Å². The first-order valence-electron chi connectivity index (χ1n) is 8.90. The fraction of sp³-hybridized carbons (Fsp3) is 0.850. The van der Waals surface area contributed by atoms with Gasteiger partial charge in [0.25, 0.3) is 0 Å². The summed E-state index contributed by atoms with van der Waals surface area (Å²) in [5.74, 6) is 0.501. The fourth-order valence-electron chi connectivity index (χ4n) is 2.97. The van der Waals surface area contributed by atoms with E-state index in [0.717, 1.165) is 24.8 Å². The topological polar surface area (TPSA) is 26.3 Å². The van der Waals surface area contributed by atoms with Crippen molar-refractivity contribution in [2.24, 2.45) is 17.3 Å². The maximum atomic E-state index is 12.9. The Morgan fingerprint density at radius 2 is 1.65 bits per heavy atom. The number of ether oxygens (including phenoxy) is 1. The first kappa shape index (κ1) is 22.9. The van der Waals surface area contributed by atoms with Crippen LogP contribution in [-0.2, 0) is 9.53 Å². The predicted octanol–water partition coefficient (Wildman–Crippen LogP) is 6.57.